The summed E-state index contributed by atoms with van der Waals surface area (Å²) in [6.07, 6.45) is -2.29. The zero-order valence-electron chi connectivity index (χ0n) is 17.8. The van der Waals surface area contributed by atoms with E-state index in [-0.39, 0.29) is 22.5 Å². The maximum atomic E-state index is 14.7. The minimum atomic E-state index is -4.71. The number of aryl methyl sites for hydroxylation is 1. The average Bonchev–Trinajstić information content (AvgIpc) is 3.22. The molecule has 1 atom stereocenters. The summed E-state index contributed by atoms with van der Waals surface area (Å²) >= 11 is 0.634. The van der Waals surface area contributed by atoms with Crippen LogP contribution in [-0.2, 0) is 34.5 Å². The molecule has 0 aromatic carbocycles. The van der Waals surface area contributed by atoms with Gasteiger partial charge in [-0.3, -0.25) is 0 Å². The number of halogens is 4. The molecule has 1 fully saturated rings. The van der Waals surface area contributed by atoms with Gasteiger partial charge in [0.15, 0.2) is 19.9 Å². The molecule has 2 aromatic heterocycles. The van der Waals surface area contributed by atoms with E-state index >= 15 is 0 Å². The molecule has 4 rings (SSSR count). The van der Waals surface area contributed by atoms with E-state index in [9.17, 15) is 31.7 Å². The molecule has 0 aliphatic heterocycles. The van der Waals surface area contributed by atoms with Crippen LogP contribution in [0.25, 0.3) is 0 Å². The predicted octanol–water partition coefficient (Wildman–Crippen LogP) is 4.83. The molecule has 2 heterocycles. The van der Waals surface area contributed by atoms with Crippen molar-refractivity contribution in [1.29, 1.82) is 0 Å². The fraction of sp³-hybridized carbons (Fsp3) is 0.500. The number of fused-ring (bicyclic) bond motifs is 1. The van der Waals surface area contributed by atoms with Crippen LogP contribution in [0.15, 0.2) is 14.0 Å². The van der Waals surface area contributed by atoms with Gasteiger partial charge in [0.1, 0.15) is 5.69 Å². The molecule has 1 saturated carbocycles. The fourth-order valence-corrected chi connectivity index (χ4v) is 6.33. The largest absolute Gasteiger partial charge is 0.433 e. The molecule has 0 bridgehead atoms. The zero-order chi connectivity index (χ0) is 24.3. The second-order valence-corrected chi connectivity index (χ2v) is 11.6. The summed E-state index contributed by atoms with van der Waals surface area (Å²) in [4.78, 5) is 16.5. The summed E-state index contributed by atoms with van der Waals surface area (Å²) in [5, 5.41) is 19.3. The summed E-state index contributed by atoms with van der Waals surface area (Å²) in [7, 11) is -4.06. The molecule has 0 radical (unpaired) electrons. The third-order valence-electron chi connectivity index (χ3n) is 5.59. The van der Waals surface area contributed by atoms with Gasteiger partial charge in [-0.15, -0.1) is 15.7 Å². The van der Waals surface area contributed by atoms with Crippen LogP contribution in [0.3, 0.4) is 0 Å². The van der Waals surface area contributed by atoms with Crippen molar-refractivity contribution >= 4 is 33.0 Å². The van der Waals surface area contributed by atoms with E-state index in [1.807, 2.05) is 0 Å². The van der Waals surface area contributed by atoms with Crippen molar-refractivity contribution in [3.63, 3.8) is 0 Å². The van der Waals surface area contributed by atoms with E-state index in [4.69, 9.17) is 5.14 Å². The van der Waals surface area contributed by atoms with Gasteiger partial charge in [-0.1, -0.05) is 0 Å². The minimum absolute atomic E-state index is 0.0138. The summed E-state index contributed by atoms with van der Waals surface area (Å²) in [5.74, 6) is -1.44. The monoisotopic (exact) mass is 506 g/mol. The SMILES string of the molecule is CC(C)(O)c1csc([S@](N)(=O)=NC(=O)Nc2c3c(nc(C(F)(F)F)c2C2CC2)CCC3)c1F. The maximum absolute atomic E-state index is 14.7. The Labute approximate surface area is 191 Å². The molecule has 0 unspecified atom stereocenters. The van der Waals surface area contributed by atoms with Gasteiger partial charge in [-0.05, 0) is 57.4 Å². The number of anilines is 1. The highest BCUT2D eigenvalue weighted by atomic mass is 32.2. The van der Waals surface area contributed by atoms with Crippen LogP contribution >= 0.6 is 11.3 Å². The number of pyridine rings is 1. The second-order valence-electron chi connectivity index (χ2n) is 8.70. The van der Waals surface area contributed by atoms with E-state index in [0.29, 0.717) is 49.0 Å². The maximum Gasteiger partial charge on any atom is 0.433 e. The van der Waals surface area contributed by atoms with Crippen molar-refractivity contribution in [1.82, 2.24) is 4.98 Å². The summed E-state index contributed by atoms with van der Waals surface area (Å²) in [6, 6.07) is -1.24. The van der Waals surface area contributed by atoms with Crippen LogP contribution in [0.2, 0.25) is 0 Å². The number of urea groups is 1. The van der Waals surface area contributed by atoms with Crippen molar-refractivity contribution < 1.29 is 31.7 Å². The molecule has 2 aliphatic carbocycles. The molecule has 180 valence electrons. The lowest BCUT2D eigenvalue weighted by Gasteiger charge is -2.19. The number of alkyl halides is 3. The van der Waals surface area contributed by atoms with E-state index in [1.54, 1.807) is 0 Å². The molecule has 0 spiro atoms. The zero-order valence-corrected chi connectivity index (χ0v) is 19.4. The first kappa shape index (κ1) is 24.0. The molecular weight excluding hydrogens is 484 g/mol. The van der Waals surface area contributed by atoms with Crippen LogP contribution in [0, 0.1) is 5.82 Å². The van der Waals surface area contributed by atoms with E-state index in [0.717, 1.165) is 0 Å². The number of carbonyl (C=O) groups excluding carboxylic acids is 1. The van der Waals surface area contributed by atoms with Crippen molar-refractivity contribution in [3.8, 4) is 0 Å². The Kier molecular flexibility index (Phi) is 5.83. The summed E-state index contributed by atoms with van der Waals surface area (Å²) in [6.45, 7) is 2.65. The number of nitrogens with one attached hydrogen (secondary N) is 1. The Morgan fingerprint density at radius 1 is 1.33 bits per heavy atom. The van der Waals surface area contributed by atoms with Gasteiger partial charge in [-0.25, -0.2) is 23.5 Å². The molecular formula is C20H22F4N4O3S2. The lowest BCUT2D eigenvalue weighted by molar-refractivity contribution is -0.141. The van der Waals surface area contributed by atoms with Gasteiger partial charge in [0, 0.05) is 22.2 Å². The molecule has 33 heavy (non-hydrogen) atoms. The number of rotatable bonds is 4. The van der Waals surface area contributed by atoms with Crippen molar-refractivity contribution in [2.45, 2.75) is 67.9 Å². The smallest absolute Gasteiger partial charge is 0.386 e. The number of aromatic nitrogens is 1. The van der Waals surface area contributed by atoms with Crippen molar-refractivity contribution in [2.75, 3.05) is 5.32 Å². The number of nitrogens with two attached hydrogens (primary N) is 1. The number of hydrogen-bond donors (Lipinski definition) is 3. The lowest BCUT2D eigenvalue weighted by Crippen LogP contribution is -2.22. The summed E-state index contributed by atoms with van der Waals surface area (Å²) < 4.78 is 71.7. The van der Waals surface area contributed by atoms with Crippen LogP contribution in [0.4, 0.5) is 28.0 Å². The van der Waals surface area contributed by atoms with Crippen LogP contribution < -0.4 is 10.5 Å². The molecule has 2 aromatic rings. The van der Waals surface area contributed by atoms with Crippen molar-refractivity contribution in [3.05, 3.63) is 39.3 Å². The third kappa shape index (κ3) is 4.63. The van der Waals surface area contributed by atoms with Crippen LogP contribution in [0.5, 0.6) is 0 Å². The van der Waals surface area contributed by atoms with Gasteiger partial charge in [0.2, 0.25) is 0 Å². The third-order valence-corrected chi connectivity index (χ3v) is 8.49. The average molecular weight is 507 g/mol. The van der Waals surface area contributed by atoms with Crippen LogP contribution in [0.1, 0.15) is 67.1 Å². The summed E-state index contributed by atoms with van der Waals surface area (Å²) in [5.41, 5.74) is -2.12. The first-order valence-corrected chi connectivity index (χ1v) is 12.6. The normalized spacial score (nSPS) is 18.1. The lowest BCUT2D eigenvalue weighted by atomic mass is 10.00. The molecule has 0 saturated heterocycles. The van der Waals surface area contributed by atoms with Gasteiger partial charge in [0.05, 0.1) is 11.3 Å². The minimum Gasteiger partial charge on any atom is -0.386 e. The number of hydrogen-bond acceptors (Lipinski definition) is 5. The van der Waals surface area contributed by atoms with Gasteiger partial charge in [-0.2, -0.15) is 13.2 Å². The van der Waals surface area contributed by atoms with Gasteiger partial charge in [0.25, 0.3) is 0 Å². The number of nitrogens with zero attached hydrogens (tertiary/aromatic N) is 2. The highest BCUT2D eigenvalue weighted by molar-refractivity contribution is 7.93. The van der Waals surface area contributed by atoms with Gasteiger partial charge < -0.3 is 10.4 Å². The Balaban J connectivity index is 1.75. The number of amides is 2. The number of carbonyl (C=O) groups is 1. The van der Waals surface area contributed by atoms with E-state index in [2.05, 4.69) is 14.7 Å². The highest BCUT2D eigenvalue weighted by Gasteiger charge is 2.43. The number of aliphatic hydroxyl groups is 1. The Morgan fingerprint density at radius 3 is 2.55 bits per heavy atom. The molecule has 7 nitrogen and oxygen atoms in total. The highest BCUT2D eigenvalue weighted by Crippen LogP contribution is 2.50. The number of thiophene rings is 1. The molecule has 13 heteroatoms. The standard InChI is InChI=1S/C20H22F4N4O3S2/c1-19(2,30)11-8-32-17(14(11)21)33(25,31)28-18(29)27-15-10-4-3-5-12(10)26-16(20(22,23)24)13(15)9-6-7-9/h8-9,30H,3-7H2,1-2H3,(H3,25,26,27,28,29,31)/t33-/m1/s1. The van der Waals surface area contributed by atoms with Crippen LogP contribution in [-0.4, -0.2) is 20.3 Å². The van der Waals surface area contributed by atoms with Gasteiger partial charge >= 0.3 is 12.2 Å². The molecule has 2 amide bonds. The second kappa shape index (κ2) is 8.00. The van der Waals surface area contributed by atoms with E-state index in [1.165, 1.54) is 19.2 Å². The van der Waals surface area contributed by atoms with Crippen molar-refractivity contribution in [2.24, 2.45) is 9.50 Å². The molecule has 2 aliphatic rings. The Bertz CT molecular complexity index is 1250. The first-order valence-electron chi connectivity index (χ1n) is 10.2. The first-order chi connectivity index (χ1) is 15.2. The topological polar surface area (TPSA) is 118 Å². The molecule has 4 N–H and O–H groups in total. The quantitative estimate of drug-likeness (QED) is 0.515. The Morgan fingerprint density at radius 2 is 2.00 bits per heavy atom. The van der Waals surface area contributed by atoms with E-state index < -0.39 is 49.4 Å². The fourth-order valence-electron chi connectivity index (χ4n) is 3.96. The Hall–Kier alpha value is -2.09. The predicted molar refractivity (Wildman–Crippen MR) is 115 cm³/mol.